The molecular formula is C24H18N4O. The molecule has 0 unspecified atom stereocenters. The van der Waals surface area contributed by atoms with E-state index in [4.69, 9.17) is 4.98 Å². The van der Waals surface area contributed by atoms with Crippen molar-refractivity contribution < 1.29 is 0 Å². The van der Waals surface area contributed by atoms with Gasteiger partial charge in [0.25, 0.3) is 5.56 Å². The summed E-state index contributed by atoms with van der Waals surface area (Å²) in [6.07, 6.45) is 5.87. The Bertz CT molecular complexity index is 1380. The molecule has 3 heterocycles. The van der Waals surface area contributed by atoms with E-state index in [2.05, 4.69) is 16.1 Å². The summed E-state index contributed by atoms with van der Waals surface area (Å²) < 4.78 is 1.53. The molecule has 0 amide bonds. The van der Waals surface area contributed by atoms with Gasteiger partial charge in [-0.05, 0) is 35.4 Å². The lowest BCUT2D eigenvalue weighted by Crippen LogP contribution is -2.24. The molecule has 0 aliphatic heterocycles. The topological polar surface area (TPSA) is 60.7 Å². The van der Waals surface area contributed by atoms with Gasteiger partial charge >= 0.3 is 0 Å². The lowest BCUT2D eigenvalue weighted by atomic mass is 10.0. The standard InChI is InChI=1S/C24H18N4O/c29-24-23-19(5-3-6-21(23)17-10-13-25-14-11-17)16-26-28(24)15-12-20-9-8-18-4-1-2-7-22(18)27-20/h1-11,13-14,16H,12,15H2. The van der Waals surface area contributed by atoms with Crippen LogP contribution in [-0.4, -0.2) is 19.7 Å². The molecule has 5 rings (SSSR count). The minimum atomic E-state index is -0.0873. The van der Waals surface area contributed by atoms with Crippen LogP contribution in [0.4, 0.5) is 0 Å². The van der Waals surface area contributed by atoms with Crippen molar-refractivity contribution in [2.45, 2.75) is 13.0 Å². The molecule has 0 spiro atoms. The summed E-state index contributed by atoms with van der Waals surface area (Å²) in [4.78, 5) is 22.0. The Kier molecular flexibility index (Phi) is 4.33. The van der Waals surface area contributed by atoms with Gasteiger partial charge in [0.2, 0.25) is 0 Å². The van der Waals surface area contributed by atoms with Crippen LogP contribution in [0.2, 0.25) is 0 Å². The van der Waals surface area contributed by atoms with E-state index in [-0.39, 0.29) is 5.56 Å². The van der Waals surface area contributed by atoms with Crippen molar-refractivity contribution in [1.29, 1.82) is 0 Å². The molecule has 0 saturated heterocycles. The normalized spacial score (nSPS) is 11.2. The quantitative estimate of drug-likeness (QED) is 0.469. The van der Waals surface area contributed by atoms with Gasteiger partial charge in [-0.1, -0.05) is 42.5 Å². The maximum Gasteiger partial charge on any atom is 0.275 e. The van der Waals surface area contributed by atoms with Crippen molar-refractivity contribution in [2.75, 3.05) is 0 Å². The average Bonchev–Trinajstić information content (AvgIpc) is 2.79. The summed E-state index contributed by atoms with van der Waals surface area (Å²) in [6.45, 7) is 0.477. The third kappa shape index (κ3) is 3.27. The SMILES string of the molecule is O=c1c2c(-c3ccncc3)cccc2cnn1CCc1ccc2ccccc2n1. The summed E-state index contributed by atoms with van der Waals surface area (Å²) >= 11 is 0. The molecule has 140 valence electrons. The zero-order valence-electron chi connectivity index (χ0n) is 15.7. The van der Waals surface area contributed by atoms with Gasteiger partial charge in [0.1, 0.15) is 0 Å². The van der Waals surface area contributed by atoms with Crippen molar-refractivity contribution in [2.24, 2.45) is 0 Å². The van der Waals surface area contributed by atoms with Crippen molar-refractivity contribution in [3.05, 3.63) is 101 Å². The maximum absolute atomic E-state index is 13.2. The average molecular weight is 378 g/mol. The summed E-state index contributed by atoms with van der Waals surface area (Å²) in [5.74, 6) is 0. The lowest BCUT2D eigenvalue weighted by molar-refractivity contribution is 0.580. The van der Waals surface area contributed by atoms with E-state index in [0.29, 0.717) is 18.4 Å². The van der Waals surface area contributed by atoms with Gasteiger partial charge in [0.05, 0.1) is 23.6 Å². The van der Waals surface area contributed by atoms with Crippen molar-refractivity contribution >= 4 is 21.7 Å². The van der Waals surface area contributed by atoms with E-state index in [1.807, 2.05) is 60.7 Å². The molecule has 0 bridgehead atoms. The number of benzene rings is 2. The molecule has 0 aliphatic carbocycles. The Morgan fingerprint density at radius 1 is 0.828 bits per heavy atom. The van der Waals surface area contributed by atoms with Crippen molar-refractivity contribution in [3.63, 3.8) is 0 Å². The van der Waals surface area contributed by atoms with Crippen LogP contribution >= 0.6 is 0 Å². The third-order valence-corrected chi connectivity index (χ3v) is 5.11. The number of nitrogens with zero attached hydrogens (tertiary/aromatic N) is 4. The zero-order chi connectivity index (χ0) is 19.6. The molecule has 5 heteroatoms. The second kappa shape index (κ2) is 7.28. The van der Waals surface area contributed by atoms with Gasteiger partial charge < -0.3 is 0 Å². The minimum Gasteiger partial charge on any atom is -0.267 e. The monoisotopic (exact) mass is 378 g/mol. The van der Waals surface area contributed by atoms with Gasteiger partial charge in [-0.15, -0.1) is 0 Å². The molecular weight excluding hydrogens is 360 g/mol. The van der Waals surface area contributed by atoms with E-state index in [0.717, 1.165) is 33.1 Å². The smallest absolute Gasteiger partial charge is 0.267 e. The minimum absolute atomic E-state index is 0.0873. The van der Waals surface area contributed by atoms with Crippen LogP contribution < -0.4 is 5.56 Å². The fraction of sp³-hybridized carbons (Fsp3) is 0.0833. The number of hydrogen-bond acceptors (Lipinski definition) is 4. The molecule has 5 nitrogen and oxygen atoms in total. The van der Waals surface area contributed by atoms with Crippen molar-refractivity contribution in [3.8, 4) is 11.1 Å². The molecule has 0 fully saturated rings. The van der Waals surface area contributed by atoms with Crippen LogP contribution in [0, 0.1) is 0 Å². The molecule has 0 radical (unpaired) electrons. The Morgan fingerprint density at radius 3 is 2.55 bits per heavy atom. The first-order chi connectivity index (χ1) is 14.3. The molecule has 3 aromatic heterocycles. The van der Waals surface area contributed by atoms with Gasteiger partial charge in [-0.3, -0.25) is 14.8 Å². The number of aryl methyl sites for hydroxylation is 2. The number of para-hydroxylation sites is 1. The summed E-state index contributed by atoms with van der Waals surface area (Å²) in [7, 11) is 0. The van der Waals surface area contributed by atoms with Crippen LogP contribution in [0.25, 0.3) is 32.8 Å². The number of pyridine rings is 2. The number of hydrogen-bond donors (Lipinski definition) is 0. The predicted molar refractivity (Wildman–Crippen MR) is 115 cm³/mol. The summed E-state index contributed by atoms with van der Waals surface area (Å²) in [5.41, 5.74) is 3.69. The largest absolute Gasteiger partial charge is 0.275 e. The number of rotatable bonds is 4. The van der Waals surface area contributed by atoms with Crippen LogP contribution in [0.5, 0.6) is 0 Å². The Balaban J connectivity index is 1.52. The lowest BCUT2D eigenvalue weighted by Gasteiger charge is -2.10. The molecule has 0 aliphatic rings. The van der Waals surface area contributed by atoms with Crippen LogP contribution in [0.15, 0.2) is 90.1 Å². The van der Waals surface area contributed by atoms with E-state index in [9.17, 15) is 4.79 Å². The fourth-order valence-corrected chi connectivity index (χ4v) is 3.63. The van der Waals surface area contributed by atoms with Gasteiger partial charge in [-0.25, -0.2) is 4.68 Å². The number of fused-ring (bicyclic) bond motifs is 2. The van der Waals surface area contributed by atoms with Gasteiger partial charge in [0, 0.05) is 35.3 Å². The first kappa shape index (κ1) is 17.3. The molecule has 0 saturated carbocycles. The van der Waals surface area contributed by atoms with Gasteiger partial charge in [0.15, 0.2) is 0 Å². The van der Waals surface area contributed by atoms with Crippen LogP contribution in [0.3, 0.4) is 0 Å². The first-order valence-corrected chi connectivity index (χ1v) is 9.53. The predicted octanol–water partition coefficient (Wildman–Crippen LogP) is 4.25. The van der Waals surface area contributed by atoms with Gasteiger partial charge in [-0.2, -0.15) is 5.10 Å². The van der Waals surface area contributed by atoms with E-state index >= 15 is 0 Å². The molecule has 29 heavy (non-hydrogen) atoms. The third-order valence-electron chi connectivity index (χ3n) is 5.11. The highest BCUT2D eigenvalue weighted by Crippen LogP contribution is 2.25. The summed E-state index contributed by atoms with van der Waals surface area (Å²) in [5, 5.41) is 7.01. The second-order valence-corrected chi connectivity index (χ2v) is 6.92. The second-order valence-electron chi connectivity index (χ2n) is 6.92. The van der Waals surface area contributed by atoms with E-state index in [1.54, 1.807) is 18.6 Å². The first-order valence-electron chi connectivity index (χ1n) is 9.53. The Labute approximate surface area is 167 Å². The molecule has 0 N–H and O–H groups in total. The zero-order valence-corrected chi connectivity index (χ0v) is 15.7. The highest BCUT2D eigenvalue weighted by molar-refractivity contribution is 5.95. The fourth-order valence-electron chi connectivity index (χ4n) is 3.63. The number of aromatic nitrogens is 4. The van der Waals surface area contributed by atoms with E-state index in [1.165, 1.54) is 4.68 Å². The highest BCUT2D eigenvalue weighted by atomic mass is 16.1. The molecule has 0 atom stereocenters. The van der Waals surface area contributed by atoms with Crippen LogP contribution in [-0.2, 0) is 13.0 Å². The summed E-state index contributed by atoms with van der Waals surface area (Å²) in [6, 6.07) is 21.8. The highest BCUT2D eigenvalue weighted by Gasteiger charge is 2.11. The Hall–Kier alpha value is -3.86. The maximum atomic E-state index is 13.2. The Morgan fingerprint density at radius 2 is 1.66 bits per heavy atom. The van der Waals surface area contributed by atoms with Crippen LogP contribution in [0.1, 0.15) is 5.69 Å². The molecule has 5 aromatic rings. The van der Waals surface area contributed by atoms with E-state index < -0.39 is 0 Å². The molecule has 2 aromatic carbocycles. The van der Waals surface area contributed by atoms with Crippen molar-refractivity contribution in [1.82, 2.24) is 19.7 Å².